The molecule has 0 bridgehead atoms. The Labute approximate surface area is 163 Å². The molecule has 3 rings (SSSR count). The van der Waals surface area contributed by atoms with E-state index in [1.165, 1.54) is 6.08 Å². The van der Waals surface area contributed by atoms with Crippen molar-refractivity contribution in [3.8, 4) is 5.75 Å². The Morgan fingerprint density at radius 2 is 1.68 bits per heavy atom. The number of amides is 1. The Balaban J connectivity index is 1.60. The summed E-state index contributed by atoms with van der Waals surface area (Å²) in [5.74, 6) is -0.239. The van der Waals surface area contributed by atoms with Gasteiger partial charge in [-0.15, -0.1) is 0 Å². The molecule has 1 atom stereocenters. The van der Waals surface area contributed by atoms with Crippen LogP contribution in [0.4, 0.5) is 5.69 Å². The molecule has 1 amide bonds. The number of benzene rings is 3. The molecule has 0 spiro atoms. The van der Waals surface area contributed by atoms with Crippen molar-refractivity contribution in [1.82, 2.24) is 0 Å². The van der Waals surface area contributed by atoms with Gasteiger partial charge in [0, 0.05) is 17.1 Å². The third-order valence-corrected chi connectivity index (χ3v) is 4.24. The van der Waals surface area contributed by atoms with Crippen LogP contribution in [0.15, 0.2) is 72.8 Å². The van der Waals surface area contributed by atoms with Crippen molar-refractivity contribution in [1.29, 1.82) is 0 Å². The van der Waals surface area contributed by atoms with Crippen LogP contribution in [-0.2, 0) is 14.3 Å². The molecule has 0 aliphatic carbocycles. The Kier molecular flexibility index (Phi) is 6.07. The molecule has 142 valence electrons. The van der Waals surface area contributed by atoms with Crippen molar-refractivity contribution in [2.45, 2.75) is 13.0 Å². The highest BCUT2D eigenvalue weighted by Gasteiger charge is 2.17. The van der Waals surface area contributed by atoms with Crippen molar-refractivity contribution in [3.63, 3.8) is 0 Å². The van der Waals surface area contributed by atoms with E-state index in [4.69, 9.17) is 9.47 Å². The van der Waals surface area contributed by atoms with Crippen LogP contribution in [0.5, 0.6) is 5.75 Å². The van der Waals surface area contributed by atoms with E-state index in [9.17, 15) is 9.59 Å². The molecule has 5 heteroatoms. The van der Waals surface area contributed by atoms with E-state index in [1.807, 2.05) is 54.6 Å². The van der Waals surface area contributed by atoms with Gasteiger partial charge in [0.1, 0.15) is 5.75 Å². The molecule has 0 aliphatic rings. The van der Waals surface area contributed by atoms with Crippen molar-refractivity contribution >= 4 is 34.4 Å². The van der Waals surface area contributed by atoms with Crippen LogP contribution < -0.4 is 10.1 Å². The second-order valence-electron chi connectivity index (χ2n) is 6.20. The number of hydrogen-bond donors (Lipinski definition) is 1. The molecule has 3 aromatic rings. The van der Waals surface area contributed by atoms with E-state index in [-0.39, 0.29) is 5.91 Å². The van der Waals surface area contributed by atoms with Crippen LogP contribution in [-0.4, -0.2) is 25.1 Å². The average molecular weight is 375 g/mol. The van der Waals surface area contributed by atoms with Crippen molar-refractivity contribution in [3.05, 3.63) is 78.4 Å². The maximum atomic E-state index is 12.4. The van der Waals surface area contributed by atoms with E-state index >= 15 is 0 Å². The average Bonchev–Trinajstić information content (AvgIpc) is 2.73. The van der Waals surface area contributed by atoms with Crippen LogP contribution in [0, 0.1) is 0 Å². The number of ether oxygens (including phenoxy) is 2. The zero-order chi connectivity index (χ0) is 19.9. The second-order valence-corrected chi connectivity index (χ2v) is 6.20. The highest BCUT2D eigenvalue weighted by Crippen LogP contribution is 2.23. The smallest absolute Gasteiger partial charge is 0.331 e. The minimum atomic E-state index is -0.924. The number of hydrogen-bond acceptors (Lipinski definition) is 4. The van der Waals surface area contributed by atoms with Crippen LogP contribution in [0.3, 0.4) is 0 Å². The molecule has 0 saturated heterocycles. The Bertz CT molecular complexity index is 1000. The molecule has 28 heavy (non-hydrogen) atoms. The minimum absolute atomic E-state index is 0.387. The summed E-state index contributed by atoms with van der Waals surface area (Å²) in [6.45, 7) is 1.54. The third kappa shape index (κ3) is 4.76. The summed E-state index contributed by atoms with van der Waals surface area (Å²) in [4.78, 5) is 24.4. The first-order valence-electron chi connectivity index (χ1n) is 8.88. The molecule has 3 aromatic carbocycles. The Morgan fingerprint density at radius 3 is 2.43 bits per heavy atom. The second kappa shape index (κ2) is 8.86. The first-order chi connectivity index (χ1) is 13.6. The summed E-state index contributed by atoms with van der Waals surface area (Å²) in [6.07, 6.45) is 1.99. The van der Waals surface area contributed by atoms with E-state index in [0.29, 0.717) is 5.69 Å². The number of rotatable bonds is 6. The zero-order valence-corrected chi connectivity index (χ0v) is 15.7. The number of fused-ring (bicyclic) bond motifs is 1. The van der Waals surface area contributed by atoms with E-state index in [0.717, 1.165) is 22.1 Å². The first-order valence-corrected chi connectivity index (χ1v) is 8.88. The Morgan fingerprint density at radius 1 is 0.964 bits per heavy atom. The number of esters is 1. The summed E-state index contributed by atoms with van der Waals surface area (Å²) in [5.41, 5.74) is 1.50. The molecule has 0 unspecified atom stereocenters. The first kappa shape index (κ1) is 19.2. The SMILES string of the molecule is COc1ccc(/C=C/C(=O)O[C@H](C)C(=O)Nc2cccc3ccccc23)cc1. The third-order valence-electron chi connectivity index (χ3n) is 4.24. The Hall–Kier alpha value is -3.60. The number of anilines is 1. The number of methoxy groups -OCH3 is 1. The fourth-order valence-electron chi connectivity index (χ4n) is 2.72. The highest BCUT2D eigenvalue weighted by molar-refractivity contribution is 6.04. The van der Waals surface area contributed by atoms with Crippen molar-refractivity contribution < 1.29 is 19.1 Å². The van der Waals surface area contributed by atoms with Gasteiger partial charge in [-0.05, 0) is 42.1 Å². The van der Waals surface area contributed by atoms with Gasteiger partial charge in [0.15, 0.2) is 6.10 Å². The summed E-state index contributed by atoms with van der Waals surface area (Å²) in [6, 6.07) is 20.6. The number of carbonyl (C=O) groups excluding carboxylic acids is 2. The molecular weight excluding hydrogens is 354 g/mol. The fraction of sp³-hybridized carbons (Fsp3) is 0.130. The van der Waals surface area contributed by atoms with E-state index < -0.39 is 12.1 Å². The lowest BCUT2D eigenvalue weighted by atomic mass is 10.1. The van der Waals surface area contributed by atoms with E-state index in [1.54, 1.807) is 32.2 Å². The topological polar surface area (TPSA) is 64.6 Å². The van der Waals surface area contributed by atoms with Crippen molar-refractivity contribution in [2.24, 2.45) is 0 Å². The van der Waals surface area contributed by atoms with E-state index in [2.05, 4.69) is 5.32 Å². The molecule has 0 aromatic heterocycles. The van der Waals surface area contributed by atoms with Gasteiger partial charge in [0.2, 0.25) is 0 Å². The molecule has 0 aliphatic heterocycles. The van der Waals surface area contributed by atoms with Gasteiger partial charge < -0.3 is 14.8 Å². The normalized spacial score (nSPS) is 11.9. The predicted molar refractivity (Wildman–Crippen MR) is 110 cm³/mol. The van der Waals surface area contributed by atoms with Gasteiger partial charge in [-0.25, -0.2) is 4.79 Å². The van der Waals surface area contributed by atoms with Crippen LogP contribution >= 0.6 is 0 Å². The fourth-order valence-corrected chi connectivity index (χ4v) is 2.72. The largest absolute Gasteiger partial charge is 0.497 e. The lowest BCUT2D eigenvalue weighted by Gasteiger charge is -2.14. The maximum absolute atomic E-state index is 12.4. The summed E-state index contributed by atoms with van der Waals surface area (Å²) in [7, 11) is 1.59. The van der Waals surface area contributed by atoms with Crippen LogP contribution in [0.25, 0.3) is 16.8 Å². The summed E-state index contributed by atoms with van der Waals surface area (Å²) < 4.78 is 10.3. The molecule has 0 saturated carbocycles. The monoisotopic (exact) mass is 375 g/mol. The van der Waals surface area contributed by atoms with Gasteiger partial charge in [-0.1, -0.05) is 48.5 Å². The molecule has 0 radical (unpaired) electrons. The zero-order valence-electron chi connectivity index (χ0n) is 15.7. The molecule has 5 nitrogen and oxygen atoms in total. The lowest BCUT2D eigenvalue weighted by Crippen LogP contribution is -2.29. The van der Waals surface area contributed by atoms with Crippen LogP contribution in [0.2, 0.25) is 0 Å². The molecule has 1 N–H and O–H groups in total. The minimum Gasteiger partial charge on any atom is -0.497 e. The van der Waals surface area contributed by atoms with Gasteiger partial charge in [-0.2, -0.15) is 0 Å². The molecule has 0 fully saturated rings. The number of nitrogens with one attached hydrogen (secondary N) is 1. The molecular formula is C23H21NO4. The van der Waals surface area contributed by atoms with Gasteiger partial charge in [0.25, 0.3) is 5.91 Å². The molecule has 0 heterocycles. The van der Waals surface area contributed by atoms with Crippen molar-refractivity contribution in [2.75, 3.05) is 12.4 Å². The lowest BCUT2D eigenvalue weighted by molar-refractivity contribution is -0.148. The summed E-state index contributed by atoms with van der Waals surface area (Å²) in [5, 5.41) is 4.77. The standard InChI is InChI=1S/C23H21NO4/c1-16(28-22(25)15-12-17-10-13-19(27-2)14-11-17)23(26)24-21-9-5-7-18-6-3-4-8-20(18)21/h3-16H,1-2H3,(H,24,26)/b15-12+/t16-/m1/s1. The summed E-state index contributed by atoms with van der Waals surface area (Å²) >= 11 is 0. The quantitative estimate of drug-likeness (QED) is 0.511. The number of carbonyl (C=O) groups is 2. The predicted octanol–water partition coefficient (Wildman–Crippen LogP) is 4.43. The van der Waals surface area contributed by atoms with Crippen LogP contribution in [0.1, 0.15) is 12.5 Å². The van der Waals surface area contributed by atoms with Gasteiger partial charge in [0.05, 0.1) is 7.11 Å². The highest BCUT2D eigenvalue weighted by atomic mass is 16.5. The maximum Gasteiger partial charge on any atom is 0.331 e. The van der Waals surface area contributed by atoms with Gasteiger partial charge in [-0.3, -0.25) is 4.79 Å². The van der Waals surface area contributed by atoms with Gasteiger partial charge >= 0.3 is 5.97 Å².